The standard InChI is InChI=1S/C61H35NO2S/c63-61-52-33-42(22-26-56(52)64-57-27-23-43(34-53(57)61)39-12-7-13-40(31-39)44-24-28-59-51(32-44)48-16-2-4-20-58(48)65-59)38-11-5-9-36(29-38)37-10-6-14-41(30-37)45-21-25-47-50-18-8-17-49-46-15-1-3-19-54(46)62(60(49)50)55(47)35-45/h1-35H. The molecule has 0 aliphatic rings. The van der Waals surface area contributed by atoms with Gasteiger partial charge in [0.25, 0.3) is 0 Å². The molecular weight excluding hydrogens is 811 g/mol. The molecule has 10 aromatic carbocycles. The molecule has 0 saturated heterocycles. The quantitative estimate of drug-likeness (QED) is 0.162. The summed E-state index contributed by atoms with van der Waals surface area (Å²) in [6, 6.07) is 75.4. The molecule has 0 aliphatic carbocycles. The highest BCUT2D eigenvalue weighted by molar-refractivity contribution is 7.25. The maximum atomic E-state index is 14.4. The van der Waals surface area contributed by atoms with E-state index in [-0.39, 0.29) is 5.43 Å². The van der Waals surface area contributed by atoms with Crippen molar-refractivity contribution in [3.63, 3.8) is 0 Å². The van der Waals surface area contributed by atoms with Gasteiger partial charge >= 0.3 is 0 Å². The van der Waals surface area contributed by atoms with E-state index in [1.807, 2.05) is 47.7 Å². The van der Waals surface area contributed by atoms with Crippen LogP contribution in [0.5, 0.6) is 0 Å². The van der Waals surface area contributed by atoms with Crippen molar-refractivity contribution in [2.24, 2.45) is 0 Å². The van der Waals surface area contributed by atoms with Crippen LogP contribution in [0.2, 0.25) is 0 Å². The van der Waals surface area contributed by atoms with Crippen LogP contribution in [0.1, 0.15) is 0 Å². The van der Waals surface area contributed by atoms with Crippen molar-refractivity contribution in [1.29, 1.82) is 0 Å². The number of benzene rings is 10. The van der Waals surface area contributed by atoms with Crippen LogP contribution in [0.3, 0.4) is 0 Å². The summed E-state index contributed by atoms with van der Waals surface area (Å²) >= 11 is 1.83. The molecule has 4 heterocycles. The first-order valence-corrected chi connectivity index (χ1v) is 22.8. The van der Waals surface area contributed by atoms with Gasteiger partial charge in [-0.2, -0.15) is 0 Å². The summed E-state index contributed by atoms with van der Waals surface area (Å²) in [5.41, 5.74) is 15.8. The van der Waals surface area contributed by atoms with Crippen LogP contribution in [0.4, 0.5) is 0 Å². The number of aromatic nitrogens is 1. The van der Waals surface area contributed by atoms with Gasteiger partial charge in [0.05, 0.1) is 27.3 Å². The van der Waals surface area contributed by atoms with Gasteiger partial charge < -0.3 is 8.82 Å². The minimum Gasteiger partial charge on any atom is -0.456 e. The fourth-order valence-corrected chi connectivity index (χ4v) is 11.5. The number of nitrogens with zero attached hydrogens (tertiary/aromatic N) is 1. The highest BCUT2D eigenvalue weighted by atomic mass is 32.1. The molecule has 0 aliphatic heterocycles. The number of thiophene rings is 1. The highest BCUT2D eigenvalue weighted by Crippen LogP contribution is 2.41. The van der Waals surface area contributed by atoms with Crippen molar-refractivity contribution in [2.45, 2.75) is 0 Å². The van der Waals surface area contributed by atoms with Crippen molar-refractivity contribution in [2.75, 3.05) is 0 Å². The first kappa shape index (κ1) is 36.2. The van der Waals surface area contributed by atoms with Crippen molar-refractivity contribution in [1.82, 2.24) is 4.40 Å². The minimum absolute atomic E-state index is 0.0363. The van der Waals surface area contributed by atoms with Crippen LogP contribution in [-0.2, 0) is 0 Å². The first-order valence-electron chi connectivity index (χ1n) is 22.0. The number of rotatable bonds is 5. The lowest BCUT2D eigenvalue weighted by molar-refractivity contribution is 0.660. The van der Waals surface area contributed by atoms with Crippen LogP contribution < -0.4 is 5.43 Å². The zero-order valence-electron chi connectivity index (χ0n) is 34.9. The van der Waals surface area contributed by atoms with E-state index in [1.54, 1.807) is 0 Å². The SMILES string of the molecule is O=c1c2cc(-c3cccc(-c4cccc(-c5ccc6c7cccc8c9ccccc9n(c6c5)c87)c4)c3)ccc2oc2ccc(-c3cccc(-c4ccc5sc6ccccc6c5c4)c3)cc12. The Morgan fingerprint density at radius 2 is 0.738 bits per heavy atom. The number of para-hydroxylation sites is 2. The van der Waals surface area contributed by atoms with Crippen molar-refractivity contribution < 1.29 is 4.42 Å². The Labute approximate surface area is 376 Å². The van der Waals surface area contributed by atoms with E-state index in [9.17, 15) is 4.79 Å². The second-order valence-corrected chi connectivity index (χ2v) is 18.3. The molecule has 14 rings (SSSR count). The Bertz CT molecular complexity index is 4340. The van der Waals surface area contributed by atoms with E-state index < -0.39 is 0 Å². The number of hydrogen-bond donors (Lipinski definition) is 0. The van der Waals surface area contributed by atoms with Crippen molar-refractivity contribution in [3.8, 4) is 55.6 Å². The van der Waals surface area contributed by atoms with E-state index in [4.69, 9.17) is 4.42 Å². The Hall–Kier alpha value is -8.31. The lowest BCUT2D eigenvalue weighted by Crippen LogP contribution is -2.02. The van der Waals surface area contributed by atoms with Gasteiger partial charge in [-0.1, -0.05) is 140 Å². The van der Waals surface area contributed by atoms with Crippen LogP contribution in [0, 0.1) is 0 Å². The summed E-state index contributed by atoms with van der Waals surface area (Å²) in [5.74, 6) is 0. The van der Waals surface area contributed by atoms with Crippen molar-refractivity contribution in [3.05, 3.63) is 223 Å². The molecule has 65 heavy (non-hydrogen) atoms. The molecule has 3 nitrogen and oxygen atoms in total. The summed E-state index contributed by atoms with van der Waals surface area (Å²) in [7, 11) is 0. The molecule has 0 unspecified atom stereocenters. The third kappa shape index (κ3) is 5.58. The van der Waals surface area contributed by atoms with E-state index in [1.165, 1.54) is 69.4 Å². The molecule has 0 fully saturated rings. The normalized spacial score (nSPS) is 12.1. The number of fused-ring (bicyclic) bond motifs is 11. The summed E-state index contributed by atoms with van der Waals surface area (Å²) in [5, 5.41) is 8.83. The zero-order valence-corrected chi connectivity index (χ0v) is 35.7. The van der Waals surface area contributed by atoms with E-state index in [0.29, 0.717) is 21.9 Å². The third-order valence-electron chi connectivity index (χ3n) is 13.5. The fourth-order valence-electron chi connectivity index (χ4n) is 10.4. The Morgan fingerprint density at radius 1 is 0.308 bits per heavy atom. The van der Waals surface area contributed by atoms with Gasteiger partial charge in [-0.3, -0.25) is 4.79 Å². The van der Waals surface area contributed by atoms with Gasteiger partial charge in [0, 0.05) is 41.7 Å². The fraction of sp³-hybridized carbons (Fsp3) is 0. The van der Waals surface area contributed by atoms with Crippen LogP contribution >= 0.6 is 11.3 Å². The molecule has 4 heteroatoms. The maximum Gasteiger partial charge on any atom is 0.200 e. The first-order chi connectivity index (χ1) is 32.1. The molecule has 0 amide bonds. The van der Waals surface area contributed by atoms with Crippen molar-refractivity contribution >= 4 is 91.5 Å². The highest BCUT2D eigenvalue weighted by Gasteiger charge is 2.18. The van der Waals surface area contributed by atoms with E-state index in [2.05, 4.69) is 180 Å². The average molecular weight is 846 g/mol. The molecule has 0 N–H and O–H groups in total. The summed E-state index contributed by atoms with van der Waals surface area (Å²) in [4.78, 5) is 14.4. The molecule has 0 radical (unpaired) electrons. The van der Waals surface area contributed by atoms with Crippen LogP contribution in [-0.4, -0.2) is 4.40 Å². The molecule has 4 aromatic heterocycles. The van der Waals surface area contributed by atoms with E-state index in [0.717, 1.165) is 44.5 Å². The Balaban J connectivity index is 0.803. The molecule has 0 spiro atoms. The van der Waals surface area contributed by atoms with Gasteiger partial charge in [0.2, 0.25) is 5.43 Å². The zero-order chi connectivity index (χ0) is 42.8. The second kappa shape index (κ2) is 13.8. The van der Waals surface area contributed by atoms with Gasteiger partial charge in [-0.15, -0.1) is 11.3 Å². The predicted octanol–water partition coefficient (Wildman–Crippen LogP) is 16.8. The minimum atomic E-state index is -0.0363. The van der Waals surface area contributed by atoms with Gasteiger partial charge in [-0.25, -0.2) is 0 Å². The lowest BCUT2D eigenvalue weighted by Gasteiger charge is -2.10. The van der Waals surface area contributed by atoms with Gasteiger partial charge in [0.1, 0.15) is 11.2 Å². The average Bonchev–Trinajstić information content (AvgIpc) is 4.03. The maximum absolute atomic E-state index is 14.4. The summed E-state index contributed by atoms with van der Waals surface area (Å²) < 4.78 is 11.4. The largest absolute Gasteiger partial charge is 0.456 e. The molecule has 0 atom stereocenters. The molecule has 0 bridgehead atoms. The third-order valence-corrected chi connectivity index (χ3v) is 14.7. The summed E-state index contributed by atoms with van der Waals surface area (Å²) in [6.45, 7) is 0. The molecule has 302 valence electrons. The topological polar surface area (TPSA) is 34.6 Å². The second-order valence-electron chi connectivity index (χ2n) is 17.2. The molecule has 0 saturated carbocycles. The van der Waals surface area contributed by atoms with Crippen LogP contribution in [0.15, 0.2) is 222 Å². The predicted molar refractivity (Wildman–Crippen MR) is 275 cm³/mol. The molecule has 14 aromatic rings. The molecular formula is C61H35NO2S. The number of hydrogen-bond acceptors (Lipinski definition) is 3. The monoisotopic (exact) mass is 845 g/mol. The summed E-state index contributed by atoms with van der Waals surface area (Å²) in [6.07, 6.45) is 0. The smallest absolute Gasteiger partial charge is 0.200 e. The van der Waals surface area contributed by atoms with Crippen LogP contribution in [0.25, 0.3) is 136 Å². The van der Waals surface area contributed by atoms with E-state index >= 15 is 0 Å². The Kier molecular flexibility index (Phi) is 7.71. The lowest BCUT2D eigenvalue weighted by atomic mass is 9.95. The van der Waals surface area contributed by atoms with Gasteiger partial charge in [-0.05, 0) is 128 Å². The van der Waals surface area contributed by atoms with Gasteiger partial charge in [0.15, 0.2) is 0 Å². The Morgan fingerprint density at radius 3 is 1.35 bits per heavy atom.